The van der Waals surface area contributed by atoms with Gasteiger partial charge in [-0.05, 0) is 63.1 Å². The Labute approximate surface area is 192 Å². The fraction of sp³-hybridized carbons (Fsp3) is 0.364. The third-order valence-electron chi connectivity index (χ3n) is 4.38. The number of fused-ring (bicyclic) bond motifs is 1. The van der Waals surface area contributed by atoms with Crippen molar-refractivity contribution in [1.29, 1.82) is 0 Å². The Kier molecular flexibility index (Phi) is 6.80. The van der Waals surface area contributed by atoms with Gasteiger partial charge in [-0.3, -0.25) is 4.90 Å². The molecule has 3 rings (SSSR count). The molecule has 8 heteroatoms. The molecule has 0 fully saturated rings. The third-order valence-corrected chi connectivity index (χ3v) is 5.40. The number of ether oxygens (including phenoxy) is 2. The monoisotopic (exact) mass is 466 g/mol. The zero-order valence-corrected chi connectivity index (χ0v) is 19.6. The average Bonchev–Trinajstić information content (AvgIpc) is 2.63. The lowest BCUT2D eigenvalue weighted by molar-refractivity contribution is 0.0216. The molecule has 0 aromatic heterocycles. The molecule has 1 amide bonds. The molecule has 2 aromatic carbocycles. The molecule has 30 heavy (non-hydrogen) atoms. The Bertz CT molecular complexity index is 975. The molecule has 1 atom stereocenters. The van der Waals surface area contributed by atoms with E-state index in [1.54, 1.807) is 17.0 Å². The van der Waals surface area contributed by atoms with Crippen LogP contribution in [0.15, 0.2) is 36.4 Å². The summed E-state index contributed by atoms with van der Waals surface area (Å²) in [5.41, 5.74) is 1.84. The second-order valence-electron chi connectivity index (χ2n) is 8.15. The van der Waals surface area contributed by atoms with Crippen molar-refractivity contribution in [3.63, 3.8) is 0 Å². The maximum Gasteiger partial charge on any atom is 0.410 e. The summed E-state index contributed by atoms with van der Waals surface area (Å²) in [6, 6.07) is 10.9. The van der Waals surface area contributed by atoms with Crippen molar-refractivity contribution in [2.75, 3.05) is 5.32 Å². The van der Waals surface area contributed by atoms with Crippen molar-refractivity contribution in [2.45, 2.75) is 52.5 Å². The van der Waals surface area contributed by atoms with Gasteiger partial charge in [-0.25, -0.2) is 4.79 Å². The Morgan fingerprint density at radius 1 is 1.20 bits per heavy atom. The number of nitrogens with one attached hydrogen (secondary N) is 1. The molecule has 0 saturated heterocycles. The summed E-state index contributed by atoms with van der Waals surface area (Å²) in [6.07, 6.45) is -0.608. The van der Waals surface area contributed by atoms with Crippen LogP contribution in [0.5, 0.6) is 5.75 Å². The number of hydrogen-bond acceptors (Lipinski definition) is 4. The predicted molar refractivity (Wildman–Crippen MR) is 125 cm³/mol. The fourth-order valence-corrected chi connectivity index (χ4v) is 3.57. The Hall–Kier alpha value is -2.02. The summed E-state index contributed by atoms with van der Waals surface area (Å²) in [7, 11) is 0. The Balaban J connectivity index is 1.86. The number of thiocarbonyl (C=S) groups is 1. The zero-order chi connectivity index (χ0) is 22.1. The number of carbonyl (C=O) groups is 1. The van der Waals surface area contributed by atoms with Crippen LogP contribution >= 0.6 is 35.4 Å². The highest BCUT2D eigenvalue weighted by molar-refractivity contribution is 7.80. The first kappa shape index (κ1) is 22.7. The van der Waals surface area contributed by atoms with Crippen LogP contribution in [0.2, 0.25) is 10.0 Å². The third kappa shape index (κ3) is 5.78. The van der Waals surface area contributed by atoms with Gasteiger partial charge in [-0.1, -0.05) is 47.6 Å². The zero-order valence-electron chi connectivity index (χ0n) is 17.3. The van der Waals surface area contributed by atoms with Crippen molar-refractivity contribution in [1.82, 2.24) is 4.90 Å². The van der Waals surface area contributed by atoms with Gasteiger partial charge in [0.1, 0.15) is 22.4 Å². The van der Waals surface area contributed by atoms with Gasteiger partial charge >= 0.3 is 6.09 Å². The van der Waals surface area contributed by atoms with Crippen LogP contribution in [0, 0.1) is 0 Å². The first-order valence-corrected chi connectivity index (χ1v) is 10.7. The van der Waals surface area contributed by atoms with Crippen LogP contribution < -0.4 is 10.1 Å². The van der Waals surface area contributed by atoms with E-state index < -0.39 is 11.7 Å². The lowest BCUT2D eigenvalue weighted by atomic mass is 10.1. The Morgan fingerprint density at radius 3 is 2.60 bits per heavy atom. The molecule has 1 aliphatic rings. The van der Waals surface area contributed by atoms with Crippen molar-refractivity contribution < 1.29 is 14.3 Å². The van der Waals surface area contributed by atoms with Crippen LogP contribution in [-0.2, 0) is 17.8 Å². The first-order valence-electron chi connectivity index (χ1n) is 9.54. The second kappa shape index (κ2) is 9.00. The summed E-state index contributed by atoms with van der Waals surface area (Å²) in [4.78, 5) is 15.1. The van der Waals surface area contributed by atoms with Gasteiger partial charge in [0.05, 0.1) is 12.2 Å². The first-order chi connectivity index (χ1) is 14.0. The second-order valence-corrected chi connectivity index (χ2v) is 9.44. The number of nitrogens with zero attached hydrogens (tertiary/aromatic N) is 1. The summed E-state index contributed by atoms with van der Waals surface area (Å²) in [6.45, 7) is 8.00. The molecule has 1 heterocycles. The van der Waals surface area contributed by atoms with Crippen molar-refractivity contribution in [2.24, 2.45) is 0 Å². The predicted octanol–water partition coefficient (Wildman–Crippen LogP) is 6.45. The molecule has 1 N–H and O–H groups in total. The molecule has 5 nitrogen and oxygen atoms in total. The molecule has 2 aromatic rings. The van der Waals surface area contributed by atoms with E-state index in [9.17, 15) is 4.79 Å². The number of anilines is 1. The van der Waals surface area contributed by atoms with Gasteiger partial charge in [0, 0.05) is 16.6 Å². The summed E-state index contributed by atoms with van der Waals surface area (Å²) in [5.74, 6) is 0.726. The van der Waals surface area contributed by atoms with E-state index in [4.69, 9.17) is 44.9 Å². The van der Waals surface area contributed by atoms with Gasteiger partial charge in [-0.15, -0.1) is 0 Å². The van der Waals surface area contributed by atoms with E-state index >= 15 is 0 Å². The van der Waals surface area contributed by atoms with Crippen LogP contribution in [0.1, 0.15) is 38.8 Å². The van der Waals surface area contributed by atoms with Crippen LogP contribution in [-0.4, -0.2) is 27.7 Å². The minimum atomic E-state index is -0.618. The molecule has 0 radical (unpaired) electrons. The van der Waals surface area contributed by atoms with Crippen LogP contribution in [0.4, 0.5) is 10.5 Å². The fourth-order valence-electron chi connectivity index (χ4n) is 2.94. The molecular weight excluding hydrogens is 443 g/mol. The average molecular weight is 467 g/mol. The highest BCUT2D eigenvalue weighted by atomic mass is 35.5. The summed E-state index contributed by atoms with van der Waals surface area (Å²) >= 11 is 17.6. The molecule has 160 valence electrons. The smallest absolute Gasteiger partial charge is 0.410 e. The Morgan fingerprint density at radius 2 is 1.93 bits per heavy atom. The maximum absolute atomic E-state index is 12.9. The van der Waals surface area contributed by atoms with Crippen molar-refractivity contribution in [3.05, 3.63) is 57.6 Å². The van der Waals surface area contributed by atoms with Gasteiger partial charge in [-0.2, -0.15) is 0 Å². The van der Waals surface area contributed by atoms with Gasteiger partial charge in [0.2, 0.25) is 0 Å². The number of hydrogen-bond donors (Lipinski definition) is 1. The quantitative estimate of drug-likeness (QED) is 0.524. The van der Waals surface area contributed by atoms with Crippen LogP contribution in [0.25, 0.3) is 0 Å². The molecule has 0 aliphatic carbocycles. The number of benzene rings is 2. The lowest BCUT2D eigenvalue weighted by Gasteiger charge is -2.29. The molecule has 0 spiro atoms. The highest BCUT2D eigenvalue weighted by Gasteiger charge is 2.25. The normalized spacial score (nSPS) is 15.7. The maximum atomic E-state index is 12.9. The van der Waals surface area contributed by atoms with E-state index in [0.29, 0.717) is 21.6 Å². The number of amides is 1. The number of rotatable bonds is 4. The van der Waals surface area contributed by atoms with Crippen molar-refractivity contribution in [3.8, 4) is 5.75 Å². The standard InChI is InChI=1S/C22H24Cl2N2O3S/c1-13-20(30)25-18-9-14(5-8-19(18)28-13)11-26(21(27)29-22(2,3)4)12-15-6-7-16(23)10-17(15)24/h5-10,13H,11-12H2,1-4H3,(H,25,30). The van der Waals surface area contributed by atoms with E-state index in [1.807, 2.05) is 52.0 Å². The molecule has 0 saturated carbocycles. The van der Waals surface area contributed by atoms with Gasteiger partial charge < -0.3 is 14.8 Å². The van der Waals surface area contributed by atoms with Gasteiger partial charge in [0.15, 0.2) is 0 Å². The molecule has 1 unspecified atom stereocenters. The number of carbonyl (C=O) groups excluding carboxylic acids is 1. The summed E-state index contributed by atoms with van der Waals surface area (Å²) < 4.78 is 11.4. The van der Waals surface area contributed by atoms with E-state index in [0.717, 1.165) is 22.6 Å². The SMILES string of the molecule is CC1Oc2ccc(CN(Cc3ccc(Cl)cc3Cl)C(=O)OC(C)(C)C)cc2NC1=S. The molecular formula is C22H24Cl2N2O3S. The minimum absolute atomic E-state index is 0.177. The van der Waals surface area contributed by atoms with E-state index in [-0.39, 0.29) is 12.6 Å². The van der Waals surface area contributed by atoms with Crippen LogP contribution in [0.3, 0.4) is 0 Å². The highest BCUT2D eigenvalue weighted by Crippen LogP contribution is 2.32. The lowest BCUT2D eigenvalue weighted by Crippen LogP contribution is -2.36. The van der Waals surface area contributed by atoms with E-state index in [1.165, 1.54) is 0 Å². The minimum Gasteiger partial charge on any atom is -0.481 e. The summed E-state index contributed by atoms with van der Waals surface area (Å²) in [5, 5.41) is 4.23. The van der Waals surface area contributed by atoms with Gasteiger partial charge in [0.25, 0.3) is 0 Å². The number of halogens is 2. The largest absolute Gasteiger partial charge is 0.481 e. The molecule has 0 bridgehead atoms. The molecule has 1 aliphatic heterocycles. The van der Waals surface area contributed by atoms with Crippen molar-refractivity contribution >= 4 is 52.2 Å². The topological polar surface area (TPSA) is 50.8 Å². The van der Waals surface area contributed by atoms with E-state index in [2.05, 4.69) is 5.32 Å².